The van der Waals surface area contributed by atoms with Crippen molar-refractivity contribution in [1.82, 2.24) is 4.90 Å². The van der Waals surface area contributed by atoms with E-state index in [1.807, 2.05) is 0 Å². The maximum absolute atomic E-state index is 2.59. The van der Waals surface area contributed by atoms with Crippen LogP contribution < -0.4 is 0 Å². The first-order valence-corrected chi connectivity index (χ1v) is 3.71. The van der Waals surface area contributed by atoms with Gasteiger partial charge >= 0.3 is 0 Å². The van der Waals surface area contributed by atoms with Crippen molar-refractivity contribution in [2.75, 3.05) is 13.1 Å². The van der Waals surface area contributed by atoms with E-state index in [0.717, 1.165) is 6.04 Å². The Labute approximate surface area is 50.7 Å². The lowest BCUT2D eigenvalue weighted by Crippen LogP contribution is -2.12. The minimum Gasteiger partial charge on any atom is -0.298 e. The lowest BCUT2D eigenvalue weighted by molar-refractivity contribution is 0.407. The standard InChI is InChI=1S/C7H13N/c1-2-4-7(3-1)8-5-6-8/h7H,1-6H2. The summed E-state index contributed by atoms with van der Waals surface area (Å²) in [5, 5.41) is 0. The molecule has 0 amide bonds. The molecule has 2 fully saturated rings. The Morgan fingerprint density at radius 1 is 1.00 bits per heavy atom. The molecular weight excluding hydrogens is 98.1 g/mol. The van der Waals surface area contributed by atoms with Crippen LogP contribution in [0.5, 0.6) is 0 Å². The summed E-state index contributed by atoms with van der Waals surface area (Å²) < 4.78 is 0. The number of hydrogen-bond acceptors (Lipinski definition) is 1. The predicted molar refractivity (Wildman–Crippen MR) is 33.8 cm³/mol. The molecule has 0 spiro atoms. The van der Waals surface area contributed by atoms with Crippen LogP contribution in [0.3, 0.4) is 0 Å². The van der Waals surface area contributed by atoms with Gasteiger partial charge in [0.2, 0.25) is 0 Å². The zero-order valence-corrected chi connectivity index (χ0v) is 5.27. The monoisotopic (exact) mass is 111 g/mol. The fourth-order valence-corrected chi connectivity index (χ4v) is 1.69. The van der Waals surface area contributed by atoms with Crippen LogP contribution >= 0.6 is 0 Å². The highest BCUT2D eigenvalue weighted by atomic mass is 15.3. The summed E-state index contributed by atoms with van der Waals surface area (Å²) in [7, 11) is 0. The van der Waals surface area contributed by atoms with Gasteiger partial charge in [-0.05, 0) is 12.8 Å². The van der Waals surface area contributed by atoms with Crippen LogP contribution in [0.4, 0.5) is 0 Å². The van der Waals surface area contributed by atoms with Crippen LogP contribution in [0, 0.1) is 0 Å². The fraction of sp³-hybridized carbons (Fsp3) is 1.00. The third kappa shape index (κ3) is 0.752. The maximum Gasteiger partial charge on any atom is 0.0113 e. The van der Waals surface area contributed by atoms with Gasteiger partial charge in [0.1, 0.15) is 0 Å². The average molecular weight is 111 g/mol. The van der Waals surface area contributed by atoms with Crippen molar-refractivity contribution in [3.63, 3.8) is 0 Å². The highest BCUT2D eigenvalue weighted by Crippen LogP contribution is 2.26. The smallest absolute Gasteiger partial charge is 0.0113 e. The summed E-state index contributed by atoms with van der Waals surface area (Å²) in [5.41, 5.74) is 0. The number of nitrogens with zero attached hydrogens (tertiary/aromatic N) is 1. The Morgan fingerprint density at radius 2 is 1.62 bits per heavy atom. The van der Waals surface area contributed by atoms with E-state index >= 15 is 0 Å². The Balaban J connectivity index is 1.86. The second kappa shape index (κ2) is 1.73. The van der Waals surface area contributed by atoms with Crippen molar-refractivity contribution in [3.8, 4) is 0 Å². The fourth-order valence-electron chi connectivity index (χ4n) is 1.69. The molecule has 8 heavy (non-hydrogen) atoms. The van der Waals surface area contributed by atoms with Crippen LogP contribution in [0.1, 0.15) is 25.7 Å². The van der Waals surface area contributed by atoms with E-state index < -0.39 is 0 Å². The molecule has 1 heterocycles. The van der Waals surface area contributed by atoms with E-state index in [1.165, 1.54) is 38.8 Å². The third-order valence-corrected chi connectivity index (χ3v) is 2.32. The minimum absolute atomic E-state index is 1.01. The van der Waals surface area contributed by atoms with Gasteiger partial charge in [-0.2, -0.15) is 0 Å². The van der Waals surface area contributed by atoms with Crippen LogP contribution in [0.2, 0.25) is 0 Å². The second-order valence-electron chi connectivity index (χ2n) is 2.97. The van der Waals surface area contributed by atoms with E-state index in [9.17, 15) is 0 Å². The van der Waals surface area contributed by atoms with Crippen molar-refractivity contribution in [3.05, 3.63) is 0 Å². The van der Waals surface area contributed by atoms with Crippen molar-refractivity contribution >= 4 is 0 Å². The topological polar surface area (TPSA) is 3.01 Å². The Hall–Kier alpha value is -0.0400. The van der Waals surface area contributed by atoms with Gasteiger partial charge in [-0.3, -0.25) is 4.90 Å². The van der Waals surface area contributed by atoms with Gasteiger partial charge in [-0.1, -0.05) is 12.8 Å². The zero-order valence-electron chi connectivity index (χ0n) is 5.27. The molecule has 1 nitrogen and oxygen atoms in total. The molecule has 0 aromatic heterocycles. The molecular formula is C7H13N. The van der Waals surface area contributed by atoms with E-state index in [2.05, 4.69) is 4.90 Å². The van der Waals surface area contributed by atoms with Gasteiger partial charge in [0.15, 0.2) is 0 Å². The summed E-state index contributed by atoms with van der Waals surface area (Å²) in [6.07, 6.45) is 5.95. The molecule has 0 unspecified atom stereocenters. The Kier molecular flexibility index (Phi) is 1.04. The molecule has 0 aromatic carbocycles. The highest BCUT2D eigenvalue weighted by molar-refractivity contribution is 4.85. The number of hydrogen-bond donors (Lipinski definition) is 0. The normalized spacial score (nSPS) is 31.5. The lowest BCUT2D eigenvalue weighted by Gasteiger charge is -2.06. The molecule has 2 aliphatic rings. The SMILES string of the molecule is C1CCC(N2CC2)C1. The first kappa shape index (κ1) is 4.80. The molecule has 0 N–H and O–H groups in total. The molecule has 46 valence electrons. The molecule has 2 rings (SSSR count). The summed E-state index contributed by atoms with van der Waals surface area (Å²) in [4.78, 5) is 2.59. The maximum atomic E-state index is 2.59. The molecule has 0 aromatic rings. The Bertz CT molecular complexity index is 80.4. The lowest BCUT2D eigenvalue weighted by atomic mass is 10.3. The van der Waals surface area contributed by atoms with Gasteiger partial charge in [0.25, 0.3) is 0 Å². The molecule has 1 heteroatoms. The number of rotatable bonds is 1. The van der Waals surface area contributed by atoms with Gasteiger partial charge in [0.05, 0.1) is 0 Å². The average Bonchev–Trinajstić information content (AvgIpc) is 2.49. The summed E-state index contributed by atoms with van der Waals surface area (Å²) in [6.45, 7) is 2.79. The molecule has 1 aliphatic heterocycles. The van der Waals surface area contributed by atoms with E-state index in [1.54, 1.807) is 0 Å². The molecule has 0 radical (unpaired) electrons. The van der Waals surface area contributed by atoms with Gasteiger partial charge in [-0.15, -0.1) is 0 Å². The quantitative estimate of drug-likeness (QED) is 0.460. The van der Waals surface area contributed by atoms with Crippen molar-refractivity contribution < 1.29 is 0 Å². The summed E-state index contributed by atoms with van der Waals surface area (Å²) >= 11 is 0. The van der Waals surface area contributed by atoms with Gasteiger partial charge in [-0.25, -0.2) is 0 Å². The van der Waals surface area contributed by atoms with Crippen LogP contribution in [-0.4, -0.2) is 24.0 Å². The van der Waals surface area contributed by atoms with Crippen molar-refractivity contribution in [2.24, 2.45) is 0 Å². The van der Waals surface area contributed by atoms with Crippen LogP contribution in [-0.2, 0) is 0 Å². The largest absolute Gasteiger partial charge is 0.298 e. The first-order chi connectivity index (χ1) is 3.97. The van der Waals surface area contributed by atoms with Crippen molar-refractivity contribution in [2.45, 2.75) is 31.7 Å². The van der Waals surface area contributed by atoms with Gasteiger partial charge < -0.3 is 0 Å². The van der Waals surface area contributed by atoms with Crippen molar-refractivity contribution in [1.29, 1.82) is 0 Å². The molecule has 0 bridgehead atoms. The second-order valence-corrected chi connectivity index (χ2v) is 2.97. The minimum atomic E-state index is 1.01. The highest BCUT2D eigenvalue weighted by Gasteiger charge is 2.29. The van der Waals surface area contributed by atoms with Gasteiger partial charge in [0, 0.05) is 19.1 Å². The molecule has 1 saturated carbocycles. The van der Waals surface area contributed by atoms with E-state index in [4.69, 9.17) is 0 Å². The first-order valence-electron chi connectivity index (χ1n) is 3.71. The molecule has 1 aliphatic carbocycles. The van der Waals surface area contributed by atoms with Crippen LogP contribution in [0.15, 0.2) is 0 Å². The van der Waals surface area contributed by atoms with E-state index in [0.29, 0.717) is 0 Å². The third-order valence-electron chi connectivity index (χ3n) is 2.32. The summed E-state index contributed by atoms with van der Waals surface area (Å²) in [5.74, 6) is 0. The van der Waals surface area contributed by atoms with Crippen LogP contribution in [0.25, 0.3) is 0 Å². The molecule has 0 atom stereocenters. The zero-order chi connectivity index (χ0) is 5.40. The van der Waals surface area contributed by atoms with E-state index in [-0.39, 0.29) is 0 Å². The molecule has 1 saturated heterocycles. The summed E-state index contributed by atoms with van der Waals surface area (Å²) in [6, 6.07) is 1.01. The predicted octanol–water partition coefficient (Wildman–Crippen LogP) is 1.24. The Morgan fingerprint density at radius 3 is 2.12 bits per heavy atom.